The van der Waals surface area contributed by atoms with Gasteiger partial charge in [0.25, 0.3) is 5.91 Å². The Kier molecular flexibility index (Phi) is 3.59. The van der Waals surface area contributed by atoms with Crippen LogP contribution >= 0.6 is 0 Å². The van der Waals surface area contributed by atoms with E-state index in [-0.39, 0.29) is 12.5 Å². The highest BCUT2D eigenvalue weighted by Gasteiger charge is 2.09. The van der Waals surface area contributed by atoms with E-state index in [9.17, 15) is 4.79 Å². The van der Waals surface area contributed by atoms with Gasteiger partial charge in [-0.15, -0.1) is 0 Å². The van der Waals surface area contributed by atoms with E-state index in [1.807, 2.05) is 66.7 Å². The number of aromatic nitrogens is 2. The summed E-state index contributed by atoms with van der Waals surface area (Å²) < 4.78 is 5.67. The average molecular weight is 317 g/mol. The van der Waals surface area contributed by atoms with Gasteiger partial charge in [0.2, 0.25) is 5.95 Å². The second kappa shape index (κ2) is 6.04. The van der Waals surface area contributed by atoms with E-state index in [0.29, 0.717) is 11.7 Å². The number of imidazole rings is 1. The number of nitrogens with zero attached hydrogens (tertiary/aromatic N) is 1. The number of hydrogen-bond donors (Lipinski definition) is 2. The first kappa shape index (κ1) is 14.3. The Balaban J connectivity index is 1.46. The molecule has 0 atom stereocenters. The summed E-state index contributed by atoms with van der Waals surface area (Å²) in [6, 6.07) is 21.3. The maximum atomic E-state index is 12.1. The van der Waals surface area contributed by atoms with E-state index >= 15 is 0 Å². The van der Waals surface area contributed by atoms with Gasteiger partial charge < -0.3 is 9.72 Å². The van der Waals surface area contributed by atoms with Gasteiger partial charge in [-0.2, -0.15) is 0 Å². The third-order valence-corrected chi connectivity index (χ3v) is 3.76. The number of hydrogen-bond acceptors (Lipinski definition) is 3. The number of aromatic amines is 1. The molecule has 5 nitrogen and oxygen atoms in total. The van der Waals surface area contributed by atoms with E-state index < -0.39 is 0 Å². The number of anilines is 1. The molecule has 0 spiro atoms. The molecule has 3 aromatic carbocycles. The van der Waals surface area contributed by atoms with Gasteiger partial charge in [0, 0.05) is 5.39 Å². The molecule has 4 rings (SSSR count). The molecule has 0 saturated carbocycles. The number of fused-ring (bicyclic) bond motifs is 2. The number of para-hydroxylation sites is 2. The molecular formula is C19H15N3O2. The maximum absolute atomic E-state index is 12.1. The monoisotopic (exact) mass is 317 g/mol. The van der Waals surface area contributed by atoms with Gasteiger partial charge in [-0.25, -0.2) is 4.98 Å². The minimum Gasteiger partial charge on any atom is -0.483 e. The van der Waals surface area contributed by atoms with Crippen molar-refractivity contribution in [1.29, 1.82) is 0 Å². The number of nitrogens with one attached hydrogen (secondary N) is 2. The van der Waals surface area contributed by atoms with Crippen molar-refractivity contribution < 1.29 is 9.53 Å². The predicted octanol–water partition coefficient (Wildman–Crippen LogP) is 3.73. The summed E-state index contributed by atoms with van der Waals surface area (Å²) in [5.74, 6) is 0.845. The van der Waals surface area contributed by atoms with Crippen LogP contribution in [0.3, 0.4) is 0 Å². The molecule has 0 aliphatic rings. The van der Waals surface area contributed by atoms with Crippen LogP contribution in [0.1, 0.15) is 0 Å². The molecule has 2 N–H and O–H groups in total. The molecule has 0 bridgehead atoms. The third kappa shape index (κ3) is 2.79. The fourth-order valence-corrected chi connectivity index (χ4v) is 2.64. The molecule has 118 valence electrons. The fourth-order valence-electron chi connectivity index (χ4n) is 2.64. The molecule has 1 aromatic heterocycles. The quantitative estimate of drug-likeness (QED) is 0.602. The van der Waals surface area contributed by atoms with Crippen LogP contribution in [0, 0.1) is 0 Å². The number of rotatable bonds is 4. The highest BCUT2D eigenvalue weighted by molar-refractivity contribution is 5.93. The first-order valence-corrected chi connectivity index (χ1v) is 7.65. The lowest BCUT2D eigenvalue weighted by molar-refractivity contribution is -0.118. The molecule has 0 unspecified atom stereocenters. The topological polar surface area (TPSA) is 67.0 Å². The van der Waals surface area contributed by atoms with Gasteiger partial charge in [0.15, 0.2) is 6.61 Å². The lowest BCUT2D eigenvalue weighted by Gasteiger charge is -2.08. The van der Waals surface area contributed by atoms with Crippen molar-refractivity contribution in [2.75, 3.05) is 11.9 Å². The van der Waals surface area contributed by atoms with Crippen molar-refractivity contribution in [3.05, 3.63) is 66.7 Å². The van der Waals surface area contributed by atoms with Crippen molar-refractivity contribution in [3.63, 3.8) is 0 Å². The summed E-state index contributed by atoms with van der Waals surface area (Å²) in [7, 11) is 0. The van der Waals surface area contributed by atoms with Crippen LogP contribution in [-0.4, -0.2) is 22.5 Å². The van der Waals surface area contributed by atoms with Crippen LogP contribution < -0.4 is 10.1 Å². The minimum absolute atomic E-state index is 0.0783. The van der Waals surface area contributed by atoms with Crippen molar-refractivity contribution in [2.24, 2.45) is 0 Å². The molecule has 24 heavy (non-hydrogen) atoms. The fraction of sp³-hybridized carbons (Fsp3) is 0.0526. The molecule has 0 saturated heterocycles. The Morgan fingerprint density at radius 1 is 1.00 bits per heavy atom. The molecule has 1 amide bonds. The first-order chi connectivity index (χ1) is 11.8. The van der Waals surface area contributed by atoms with Crippen molar-refractivity contribution >= 4 is 33.7 Å². The number of carbonyl (C=O) groups is 1. The highest BCUT2D eigenvalue weighted by Crippen LogP contribution is 2.25. The number of H-pyrrole nitrogens is 1. The van der Waals surface area contributed by atoms with E-state index in [2.05, 4.69) is 15.3 Å². The van der Waals surface area contributed by atoms with Crippen LogP contribution in [-0.2, 0) is 4.79 Å². The lowest BCUT2D eigenvalue weighted by Crippen LogP contribution is -2.20. The molecule has 0 aliphatic carbocycles. The van der Waals surface area contributed by atoms with E-state index in [1.165, 1.54) is 0 Å². The minimum atomic E-state index is -0.262. The van der Waals surface area contributed by atoms with Gasteiger partial charge in [0.05, 0.1) is 11.0 Å². The second-order valence-corrected chi connectivity index (χ2v) is 5.42. The molecule has 0 fully saturated rings. The molecule has 0 radical (unpaired) electrons. The van der Waals surface area contributed by atoms with Crippen LogP contribution in [0.15, 0.2) is 66.7 Å². The molecule has 0 aliphatic heterocycles. The summed E-state index contributed by atoms with van der Waals surface area (Å²) in [6.45, 7) is -0.0783. The second-order valence-electron chi connectivity index (χ2n) is 5.42. The Morgan fingerprint density at radius 2 is 1.79 bits per heavy atom. The van der Waals surface area contributed by atoms with Crippen LogP contribution in [0.5, 0.6) is 5.75 Å². The maximum Gasteiger partial charge on any atom is 0.264 e. The summed E-state index contributed by atoms with van der Waals surface area (Å²) in [6.07, 6.45) is 0. The number of benzene rings is 3. The smallest absolute Gasteiger partial charge is 0.264 e. The zero-order valence-electron chi connectivity index (χ0n) is 12.8. The Morgan fingerprint density at radius 3 is 2.71 bits per heavy atom. The normalized spacial score (nSPS) is 10.8. The number of amides is 1. The van der Waals surface area contributed by atoms with Gasteiger partial charge in [-0.3, -0.25) is 10.1 Å². The zero-order chi connectivity index (χ0) is 16.4. The molecule has 5 heteroatoms. The highest BCUT2D eigenvalue weighted by atomic mass is 16.5. The molecule has 4 aromatic rings. The standard InChI is InChI=1S/C19H15N3O2/c23-18(22-19-20-15-9-3-4-10-16(15)21-19)12-24-17-11-5-7-13-6-1-2-8-14(13)17/h1-11H,12H2,(H2,20,21,22,23). The third-order valence-electron chi connectivity index (χ3n) is 3.76. The van der Waals surface area contributed by atoms with Crippen LogP contribution in [0.25, 0.3) is 21.8 Å². The summed E-state index contributed by atoms with van der Waals surface area (Å²) >= 11 is 0. The van der Waals surface area contributed by atoms with E-state index in [4.69, 9.17) is 4.74 Å². The summed E-state index contributed by atoms with van der Waals surface area (Å²) in [4.78, 5) is 19.5. The Hall–Kier alpha value is -3.34. The number of carbonyl (C=O) groups excluding carboxylic acids is 1. The first-order valence-electron chi connectivity index (χ1n) is 7.65. The Labute approximate surface area is 138 Å². The van der Waals surface area contributed by atoms with Gasteiger partial charge in [0.1, 0.15) is 5.75 Å². The van der Waals surface area contributed by atoms with E-state index in [0.717, 1.165) is 21.8 Å². The zero-order valence-corrected chi connectivity index (χ0v) is 12.8. The SMILES string of the molecule is O=C(COc1cccc2ccccc12)Nc1nc2ccccc2[nH]1. The van der Waals surface area contributed by atoms with Crippen molar-refractivity contribution in [2.45, 2.75) is 0 Å². The number of ether oxygens (including phenoxy) is 1. The molecule has 1 heterocycles. The summed E-state index contributed by atoms with van der Waals surface area (Å²) in [5, 5.41) is 4.78. The van der Waals surface area contributed by atoms with Gasteiger partial charge >= 0.3 is 0 Å². The molecular weight excluding hydrogens is 302 g/mol. The van der Waals surface area contributed by atoms with Gasteiger partial charge in [-0.1, -0.05) is 48.5 Å². The van der Waals surface area contributed by atoms with Crippen LogP contribution in [0.2, 0.25) is 0 Å². The largest absolute Gasteiger partial charge is 0.483 e. The van der Waals surface area contributed by atoms with Crippen molar-refractivity contribution in [3.8, 4) is 5.75 Å². The van der Waals surface area contributed by atoms with E-state index in [1.54, 1.807) is 0 Å². The van der Waals surface area contributed by atoms with Crippen molar-refractivity contribution in [1.82, 2.24) is 9.97 Å². The predicted molar refractivity (Wildman–Crippen MR) is 94.2 cm³/mol. The van der Waals surface area contributed by atoms with Crippen LogP contribution in [0.4, 0.5) is 5.95 Å². The lowest BCUT2D eigenvalue weighted by atomic mass is 10.1. The summed E-state index contributed by atoms with van der Waals surface area (Å²) in [5.41, 5.74) is 1.69. The Bertz CT molecular complexity index is 985. The average Bonchev–Trinajstić information content (AvgIpc) is 3.02. The van der Waals surface area contributed by atoms with Gasteiger partial charge in [-0.05, 0) is 23.6 Å².